The fourth-order valence-corrected chi connectivity index (χ4v) is 2.52. The van der Waals surface area contributed by atoms with Crippen LogP contribution in [0, 0.1) is 6.92 Å². The van der Waals surface area contributed by atoms with Crippen molar-refractivity contribution in [1.82, 2.24) is 10.5 Å². The normalized spacial score (nSPS) is 13.3. The highest BCUT2D eigenvalue weighted by molar-refractivity contribution is 5.97. The molecular formula is C17H18N2O5. The Morgan fingerprint density at radius 2 is 2.21 bits per heavy atom. The second kappa shape index (κ2) is 6.35. The van der Waals surface area contributed by atoms with E-state index in [0.29, 0.717) is 17.1 Å². The van der Waals surface area contributed by atoms with Crippen LogP contribution in [0.15, 0.2) is 22.7 Å². The van der Waals surface area contributed by atoms with Gasteiger partial charge < -0.3 is 19.3 Å². The second-order valence-electron chi connectivity index (χ2n) is 5.57. The number of hydrogen-bond acceptors (Lipinski definition) is 6. The third-order valence-corrected chi connectivity index (χ3v) is 3.74. The van der Waals surface area contributed by atoms with Gasteiger partial charge in [-0.25, -0.2) is 4.79 Å². The Balaban J connectivity index is 1.85. The summed E-state index contributed by atoms with van der Waals surface area (Å²) in [5.74, 6) is 0.214. The number of fused-ring (bicyclic) bond motifs is 3. The van der Waals surface area contributed by atoms with Gasteiger partial charge in [0, 0.05) is 0 Å². The van der Waals surface area contributed by atoms with Gasteiger partial charge in [0.15, 0.2) is 11.5 Å². The van der Waals surface area contributed by atoms with Crippen molar-refractivity contribution in [1.29, 1.82) is 0 Å². The molecule has 1 aromatic heterocycles. The third kappa shape index (κ3) is 2.84. The van der Waals surface area contributed by atoms with Gasteiger partial charge in [0.2, 0.25) is 0 Å². The van der Waals surface area contributed by atoms with Crippen molar-refractivity contribution < 1.29 is 23.6 Å². The summed E-state index contributed by atoms with van der Waals surface area (Å²) in [4.78, 5) is 24.0. The highest BCUT2D eigenvalue weighted by Gasteiger charge is 2.30. The lowest BCUT2D eigenvalue weighted by molar-refractivity contribution is -0.144. The molecule has 1 N–H and O–H groups in total. The van der Waals surface area contributed by atoms with Gasteiger partial charge in [-0.15, -0.1) is 0 Å². The molecule has 0 radical (unpaired) electrons. The van der Waals surface area contributed by atoms with E-state index in [1.807, 2.05) is 25.1 Å². The molecule has 0 bridgehead atoms. The number of ether oxygens (including phenoxy) is 2. The van der Waals surface area contributed by atoms with Crippen molar-refractivity contribution in [2.75, 3.05) is 6.61 Å². The molecule has 1 aliphatic heterocycles. The van der Waals surface area contributed by atoms with E-state index in [0.717, 1.165) is 11.1 Å². The van der Waals surface area contributed by atoms with Crippen LogP contribution < -0.4 is 10.1 Å². The molecule has 0 unspecified atom stereocenters. The zero-order valence-electron chi connectivity index (χ0n) is 13.7. The third-order valence-electron chi connectivity index (χ3n) is 3.74. The highest BCUT2D eigenvalue weighted by atomic mass is 16.5. The Labute approximate surface area is 138 Å². The number of carbonyl (C=O) groups is 2. The van der Waals surface area contributed by atoms with Crippen LogP contribution in [-0.2, 0) is 16.1 Å². The zero-order chi connectivity index (χ0) is 17.3. The fourth-order valence-electron chi connectivity index (χ4n) is 2.52. The summed E-state index contributed by atoms with van der Waals surface area (Å²) in [5, 5.41) is 6.43. The number of nitrogens with one attached hydrogen (secondary N) is 1. The maximum atomic E-state index is 12.4. The van der Waals surface area contributed by atoms with Crippen LogP contribution >= 0.6 is 0 Å². The van der Waals surface area contributed by atoms with E-state index in [1.54, 1.807) is 13.8 Å². The number of nitrogens with zero attached hydrogens (tertiary/aromatic N) is 1. The molecule has 7 nitrogen and oxygen atoms in total. The molecule has 0 aliphatic carbocycles. The molecule has 2 heterocycles. The van der Waals surface area contributed by atoms with Crippen LogP contribution in [0.25, 0.3) is 11.3 Å². The molecule has 1 aliphatic rings. The van der Waals surface area contributed by atoms with Crippen molar-refractivity contribution in [2.24, 2.45) is 0 Å². The molecule has 0 spiro atoms. The molecule has 1 atom stereocenters. The van der Waals surface area contributed by atoms with Crippen LogP contribution in [-0.4, -0.2) is 29.7 Å². The number of esters is 1. The Morgan fingerprint density at radius 3 is 2.96 bits per heavy atom. The lowest BCUT2D eigenvalue weighted by atomic mass is 10.0. The monoisotopic (exact) mass is 330 g/mol. The predicted molar refractivity (Wildman–Crippen MR) is 84.6 cm³/mol. The highest BCUT2D eigenvalue weighted by Crippen LogP contribution is 2.39. The molecular weight excluding hydrogens is 312 g/mol. The summed E-state index contributed by atoms with van der Waals surface area (Å²) in [5.41, 5.74) is 2.50. The van der Waals surface area contributed by atoms with E-state index in [9.17, 15) is 9.59 Å². The number of carbonyl (C=O) groups excluding carboxylic acids is 2. The summed E-state index contributed by atoms with van der Waals surface area (Å²) in [6.45, 7) is 5.65. The van der Waals surface area contributed by atoms with Crippen molar-refractivity contribution >= 4 is 11.9 Å². The Morgan fingerprint density at radius 1 is 1.42 bits per heavy atom. The lowest BCUT2D eigenvalue weighted by Gasteiger charge is -2.17. The van der Waals surface area contributed by atoms with Crippen LogP contribution in [0.3, 0.4) is 0 Å². The van der Waals surface area contributed by atoms with Crippen molar-refractivity contribution in [3.63, 3.8) is 0 Å². The number of aromatic nitrogens is 1. The number of aryl methyl sites for hydroxylation is 1. The van der Waals surface area contributed by atoms with Crippen LogP contribution in [0.1, 0.15) is 35.5 Å². The van der Waals surface area contributed by atoms with E-state index >= 15 is 0 Å². The van der Waals surface area contributed by atoms with Crippen molar-refractivity contribution in [3.8, 4) is 17.1 Å². The van der Waals surface area contributed by atoms with E-state index in [4.69, 9.17) is 14.0 Å². The van der Waals surface area contributed by atoms with Gasteiger partial charge in [-0.05, 0) is 32.9 Å². The molecule has 1 amide bonds. The van der Waals surface area contributed by atoms with Crippen LogP contribution in [0.4, 0.5) is 0 Å². The molecule has 0 fully saturated rings. The molecule has 126 valence electrons. The summed E-state index contributed by atoms with van der Waals surface area (Å²) < 4.78 is 15.9. The number of benzene rings is 1. The van der Waals surface area contributed by atoms with Crippen molar-refractivity contribution in [2.45, 2.75) is 33.4 Å². The number of rotatable bonds is 4. The van der Waals surface area contributed by atoms with Gasteiger partial charge in [-0.2, -0.15) is 0 Å². The van der Waals surface area contributed by atoms with Gasteiger partial charge in [0.1, 0.15) is 18.4 Å². The average Bonchev–Trinajstić information content (AvgIpc) is 2.99. The van der Waals surface area contributed by atoms with Gasteiger partial charge in [0.25, 0.3) is 5.91 Å². The molecule has 7 heteroatoms. The Kier molecular flexibility index (Phi) is 4.24. The largest absolute Gasteiger partial charge is 0.488 e. The molecule has 24 heavy (non-hydrogen) atoms. The Hall–Kier alpha value is -2.83. The number of hydrogen-bond donors (Lipinski definition) is 1. The SMILES string of the molecule is CCOC(=O)[C@H](C)NC(=O)c1noc2c1COc1ccc(C)cc1-2. The lowest BCUT2D eigenvalue weighted by Crippen LogP contribution is -2.40. The van der Waals surface area contributed by atoms with Gasteiger partial charge in [-0.3, -0.25) is 4.79 Å². The maximum Gasteiger partial charge on any atom is 0.328 e. The fraction of sp³-hybridized carbons (Fsp3) is 0.353. The quantitative estimate of drug-likeness (QED) is 0.865. The summed E-state index contributed by atoms with van der Waals surface area (Å²) >= 11 is 0. The van der Waals surface area contributed by atoms with Gasteiger partial charge >= 0.3 is 5.97 Å². The topological polar surface area (TPSA) is 90.7 Å². The Bertz CT molecular complexity index is 796. The summed E-state index contributed by atoms with van der Waals surface area (Å²) in [6.07, 6.45) is 0. The number of amides is 1. The first-order chi connectivity index (χ1) is 11.5. The molecule has 0 saturated carbocycles. The van der Waals surface area contributed by atoms with E-state index < -0.39 is 17.9 Å². The van der Waals surface area contributed by atoms with Gasteiger partial charge in [0.05, 0.1) is 17.7 Å². The average molecular weight is 330 g/mol. The minimum Gasteiger partial charge on any atom is -0.488 e. The molecule has 1 aromatic carbocycles. The van der Waals surface area contributed by atoms with E-state index in [-0.39, 0.29) is 18.9 Å². The molecule has 3 rings (SSSR count). The smallest absolute Gasteiger partial charge is 0.328 e. The molecule has 0 saturated heterocycles. The predicted octanol–water partition coefficient (Wildman–Crippen LogP) is 2.22. The first-order valence-corrected chi connectivity index (χ1v) is 7.71. The van der Waals surface area contributed by atoms with Crippen LogP contribution in [0.5, 0.6) is 5.75 Å². The second-order valence-corrected chi connectivity index (χ2v) is 5.57. The van der Waals surface area contributed by atoms with Crippen LogP contribution in [0.2, 0.25) is 0 Å². The minimum atomic E-state index is -0.774. The minimum absolute atomic E-state index is 0.119. The standard InChI is InChI=1S/C17H18N2O5/c1-4-22-17(21)10(3)18-16(20)14-12-8-23-13-6-5-9(2)7-11(13)15(12)24-19-14/h5-7,10H,4,8H2,1-3H3,(H,18,20)/t10-/m0/s1. The van der Waals surface area contributed by atoms with E-state index in [1.165, 1.54) is 0 Å². The van der Waals surface area contributed by atoms with Gasteiger partial charge in [-0.1, -0.05) is 16.8 Å². The molecule has 2 aromatic rings. The first-order valence-electron chi connectivity index (χ1n) is 7.71. The maximum absolute atomic E-state index is 12.4. The van der Waals surface area contributed by atoms with E-state index in [2.05, 4.69) is 10.5 Å². The zero-order valence-corrected chi connectivity index (χ0v) is 13.7. The van der Waals surface area contributed by atoms with Crippen molar-refractivity contribution in [3.05, 3.63) is 35.0 Å². The summed E-state index contributed by atoms with van der Waals surface area (Å²) in [6, 6.07) is 4.94. The first kappa shape index (κ1) is 16.0. The summed E-state index contributed by atoms with van der Waals surface area (Å²) in [7, 11) is 0.